The Bertz CT molecular complexity index is 548. The average Bonchev–Trinajstić information content (AvgIpc) is 2.58. The molecule has 0 bridgehead atoms. The topological polar surface area (TPSA) is 41.8 Å². The van der Waals surface area contributed by atoms with Gasteiger partial charge in [0.1, 0.15) is 5.75 Å². The van der Waals surface area contributed by atoms with Crippen LogP contribution in [0.5, 0.6) is 5.75 Å². The molecule has 2 rings (SSSR count). The monoisotopic (exact) mass is 334 g/mol. The van der Waals surface area contributed by atoms with E-state index in [1.165, 1.54) is 0 Å². The lowest BCUT2D eigenvalue weighted by molar-refractivity contribution is -0.427. The van der Waals surface area contributed by atoms with Crippen molar-refractivity contribution < 1.29 is 19.2 Å². The van der Waals surface area contributed by atoms with Crippen LogP contribution in [0.15, 0.2) is 53.7 Å². The third kappa shape index (κ3) is 7.50. The average molecular weight is 334 g/mol. The van der Waals surface area contributed by atoms with Crippen molar-refractivity contribution in [3.63, 3.8) is 0 Å². The van der Waals surface area contributed by atoms with Crippen LogP contribution in [0.2, 0.25) is 0 Å². The number of rotatable bonds is 10. The number of aromatic amines is 1. The number of hydrogen-bond donors (Lipinski definition) is 1. The van der Waals surface area contributed by atoms with Crippen LogP contribution >= 0.6 is 12.6 Å². The molecule has 1 heterocycles. The van der Waals surface area contributed by atoms with Crippen molar-refractivity contribution in [1.29, 1.82) is 0 Å². The summed E-state index contributed by atoms with van der Waals surface area (Å²) < 4.78 is 16.9. The molecule has 0 aliphatic rings. The van der Waals surface area contributed by atoms with Gasteiger partial charge in [0, 0.05) is 17.5 Å². The van der Waals surface area contributed by atoms with E-state index in [9.17, 15) is 0 Å². The van der Waals surface area contributed by atoms with E-state index in [4.69, 9.17) is 14.2 Å². The zero-order valence-corrected chi connectivity index (χ0v) is 14.3. The molecule has 1 N–H and O–H groups in total. The fraction of sp³-hybridized carbons (Fsp3) is 0.389. The van der Waals surface area contributed by atoms with Crippen molar-refractivity contribution in [2.45, 2.75) is 18.6 Å². The second-order valence-electron chi connectivity index (χ2n) is 5.44. The highest BCUT2D eigenvalue weighted by Crippen LogP contribution is 2.10. The van der Waals surface area contributed by atoms with E-state index < -0.39 is 0 Å². The Morgan fingerprint density at radius 3 is 2.52 bits per heavy atom. The standard InChI is InChI=1S/C18H23NO3S/c1-15(13-22-17-5-3-2-4-6-17)12-20-9-10-21-14-16-7-8-18(23)19-11-16/h2-8,11,15H,9-10,12-14H2,1H3,(H,19,23)/p+1. The summed E-state index contributed by atoms with van der Waals surface area (Å²) in [6.45, 7) is 5.16. The molecule has 23 heavy (non-hydrogen) atoms. The molecule has 1 unspecified atom stereocenters. The SMILES string of the molecule is CC(COCCOCc1ccc(S)[nH+]c1)COc1ccccc1. The summed E-state index contributed by atoms with van der Waals surface area (Å²) in [5, 5.41) is 0.837. The molecule has 5 heteroatoms. The van der Waals surface area contributed by atoms with E-state index >= 15 is 0 Å². The number of hydrogen-bond acceptors (Lipinski definition) is 4. The third-order valence-electron chi connectivity index (χ3n) is 3.18. The van der Waals surface area contributed by atoms with Crippen LogP contribution in [0.4, 0.5) is 0 Å². The Labute approximate surface area is 143 Å². The van der Waals surface area contributed by atoms with E-state index in [2.05, 4.69) is 24.5 Å². The number of H-pyrrole nitrogens is 1. The zero-order valence-electron chi connectivity index (χ0n) is 13.4. The molecule has 0 fully saturated rings. The number of para-hydroxylation sites is 1. The molecule has 0 saturated carbocycles. The van der Waals surface area contributed by atoms with Gasteiger partial charge in [-0.3, -0.25) is 0 Å². The van der Waals surface area contributed by atoms with Gasteiger partial charge in [-0.25, -0.2) is 4.98 Å². The Morgan fingerprint density at radius 1 is 1.00 bits per heavy atom. The van der Waals surface area contributed by atoms with Gasteiger partial charge in [0.2, 0.25) is 5.03 Å². The Morgan fingerprint density at radius 2 is 1.78 bits per heavy atom. The van der Waals surface area contributed by atoms with E-state index in [1.807, 2.05) is 48.7 Å². The minimum Gasteiger partial charge on any atom is -0.493 e. The molecule has 0 spiro atoms. The lowest BCUT2D eigenvalue weighted by Gasteiger charge is -2.13. The first-order valence-electron chi connectivity index (χ1n) is 7.77. The van der Waals surface area contributed by atoms with Gasteiger partial charge < -0.3 is 14.2 Å². The second-order valence-corrected chi connectivity index (χ2v) is 5.92. The number of benzene rings is 1. The number of ether oxygens (including phenoxy) is 3. The van der Waals surface area contributed by atoms with Crippen molar-refractivity contribution >= 4 is 12.6 Å². The molecule has 4 nitrogen and oxygen atoms in total. The lowest BCUT2D eigenvalue weighted by Crippen LogP contribution is -2.16. The van der Waals surface area contributed by atoms with E-state index in [0.717, 1.165) is 16.3 Å². The fourth-order valence-electron chi connectivity index (χ4n) is 1.93. The van der Waals surface area contributed by atoms with Gasteiger partial charge in [-0.2, -0.15) is 0 Å². The highest BCUT2D eigenvalue weighted by molar-refractivity contribution is 7.80. The van der Waals surface area contributed by atoms with Crippen molar-refractivity contribution in [3.05, 3.63) is 54.2 Å². The highest BCUT2D eigenvalue weighted by Gasteiger charge is 2.04. The van der Waals surface area contributed by atoms with Crippen LogP contribution in [0, 0.1) is 5.92 Å². The van der Waals surface area contributed by atoms with E-state index in [0.29, 0.717) is 39.0 Å². The molecule has 0 radical (unpaired) electrons. The first-order valence-corrected chi connectivity index (χ1v) is 8.21. The molecule has 1 atom stereocenters. The Kier molecular flexibility index (Phi) is 7.93. The van der Waals surface area contributed by atoms with Crippen LogP contribution in [0.3, 0.4) is 0 Å². The van der Waals surface area contributed by atoms with Crippen molar-refractivity contribution in [2.75, 3.05) is 26.4 Å². The summed E-state index contributed by atoms with van der Waals surface area (Å²) in [7, 11) is 0. The number of nitrogens with one attached hydrogen (secondary N) is 1. The molecule has 0 aliphatic carbocycles. The van der Waals surface area contributed by atoms with Crippen molar-refractivity contribution in [1.82, 2.24) is 0 Å². The normalized spacial score (nSPS) is 12.1. The third-order valence-corrected chi connectivity index (χ3v) is 3.46. The minimum atomic E-state index is 0.340. The smallest absolute Gasteiger partial charge is 0.235 e. The van der Waals surface area contributed by atoms with Gasteiger partial charge in [-0.05, 0) is 18.2 Å². The van der Waals surface area contributed by atoms with E-state index in [-0.39, 0.29) is 0 Å². The molecule has 0 aliphatic heterocycles. The summed E-state index contributed by atoms with van der Waals surface area (Å²) >= 11 is 4.20. The predicted octanol–water partition coefficient (Wildman–Crippen LogP) is 3.04. The highest BCUT2D eigenvalue weighted by atomic mass is 32.1. The number of aromatic nitrogens is 1. The lowest BCUT2D eigenvalue weighted by atomic mass is 10.2. The van der Waals surface area contributed by atoms with Crippen LogP contribution in [0.1, 0.15) is 12.5 Å². The van der Waals surface area contributed by atoms with Crippen LogP contribution in [-0.2, 0) is 16.1 Å². The van der Waals surface area contributed by atoms with Crippen molar-refractivity contribution in [2.24, 2.45) is 5.92 Å². The maximum Gasteiger partial charge on any atom is 0.235 e. The number of thiol groups is 1. The predicted molar refractivity (Wildman–Crippen MR) is 91.8 cm³/mol. The molecule has 2 aromatic rings. The maximum atomic E-state index is 5.69. The second kappa shape index (κ2) is 10.3. The molecule has 0 saturated heterocycles. The summed E-state index contributed by atoms with van der Waals surface area (Å²) in [5.74, 6) is 1.24. The summed E-state index contributed by atoms with van der Waals surface area (Å²) in [6, 6.07) is 13.7. The molecular formula is C18H24NO3S+. The van der Waals surface area contributed by atoms with Gasteiger partial charge in [0.05, 0.1) is 33.0 Å². The quantitative estimate of drug-likeness (QED) is 0.536. The van der Waals surface area contributed by atoms with Gasteiger partial charge in [0.15, 0.2) is 6.20 Å². The molecule has 124 valence electrons. The minimum absolute atomic E-state index is 0.340. The van der Waals surface area contributed by atoms with Crippen LogP contribution < -0.4 is 9.72 Å². The Hall–Kier alpha value is -1.56. The van der Waals surface area contributed by atoms with Gasteiger partial charge in [0.25, 0.3) is 0 Å². The first kappa shape index (κ1) is 17.8. The summed E-state index contributed by atoms with van der Waals surface area (Å²) in [4.78, 5) is 3.03. The van der Waals surface area contributed by atoms with Gasteiger partial charge >= 0.3 is 0 Å². The molecule has 1 aromatic carbocycles. The zero-order chi connectivity index (χ0) is 16.3. The summed E-state index contributed by atoms with van der Waals surface area (Å²) in [5.41, 5.74) is 1.09. The molecule has 1 aromatic heterocycles. The van der Waals surface area contributed by atoms with Gasteiger partial charge in [-0.15, -0.1) is 0 Å². The van der Waals surface area contributed by atoms with Crippen LogP contribution in [-0.4, -0.2) is 26.4 Å². The Balaban J connectivity index is 1.49. The largest absolute Gasteiger partial charge is 0.493 e. The van der Waals surface area contributed by atoms with Crippen molar-refractivity contribution in [3.8, 4) is 5.75 Å². The maximum absolute atomic E-state index is 5.69. The van der Waals surface area contributed by atoms with E-state index in [1.54, 1.807) is 0 Å². The molecular weight excluding hydrogens is 310 g/mol. The number of pyridine rings is 1. The molecule has 0 amide bonds. The fourth-order valence-corrected chi connectivity index (χ4v) is 2.07. The first-order chi connectivity index (χ1) is 11.2. The summed E-state index contributed by atoms with van der Waals surface area (Å²) in [6.07, 6.45) is 1.90. The van der Waals surface area contributed by atoms with Crippen LogP contribution in [0.25, 0.3) is 0 Å². The van der Waals surface area contributed by atoms with Gasteiger partial charge in [-0.1, -0.05) is 37.8 Å².